The average molecular weight is 260 g/mol. The molecule has 19 heavy (non-hydrogen) atoms. The van der Waals surface area contributed by atoms with E-state index in [-0.39, 0.29) is 11.4 Å². The zero-order chi connectivity index (χ0) is 13.6. The van der Waals surface area contributed by atoms with Gasteiger partial charge >= 0.3 is 5.97 Å². The van der Waals surface area contributed by atoms with Crippen molar-refractivity contribution in [2.45, 2.75) is 0 Å². The lowest BCUT2D eigenvalue weighted by Gasteiger charge is -2.00. The van der Waals surface area contributed by atoms with Crippen LogP contribution in [0.5, 0.6) is 0 Å². The topological polar surface area (TPSA) is 83.8 Å². The summed E-state index contributed by atoms with van der Waals surface area (Å²) in [6.07, 6.45) is 1.29. The van der Waals surface area contributed by atoms with Crippen molar-refractivity contribution >= 4 is 17.0 Å². The maximum atomic E-state index is 13.2. The number of hydrogen-bond acceptors (Lipinski definition) is 3. The van der Waals surface area contributed by atoms with Crippen LogP contribution in [-0.2, 0) is 7.05 Å². The number of aromatic amines is 1. The van der Waals surface area contributed by atoms with Crippen molar-refractivity contribution in [2.75, 3.05) is 0 Å². The van der Waals surface area contributed by atoms with Gasteiger partial charge in [0, 0.05) is 13.1 Å². The molecule has 3 aromatic rings. The molecule has 0 amide bonds. The Morgan fingerprint density at radius 1 is 1.47 bits per heavy atom. The molecule has 0 saturated heterocycles. The minimum atomic E-state index is -1.12. The first-order valence-corrected chi connectivity index (χ1v) is 5.47. The highest BCUT2D eigenvalue weighted by Crippen LogP contribution is 2.24. The van der Waals surface area contributed by atoms with Crippen molar-refractivity contribution in [1.82, 2.24) is 19.5 Å². The van der Waals surface area contributed by atoms with Crippen LogP contribution < -0.4 is 0 Å². The zero-order valence-corrected chi connectivity index (χ0v) is 9.88. The molecule has 0 aliphatic carbocycles. The summed E-state index contributed by atoms with van der Waals surface area (Å²) in [5, 5.41) is 9.06. The summed E-state index contributed by atoms with van der Waals surface area (Å²) in [7, 11) is 1.73. The molecule has 2 heterocycles. The van der Waals surface area contributed by atoms with Crippen LogP contribution in [0.1, 0.15) is 10.5 Å². The number of benzene rings is 1. The van der Waals surface area contributed by atoms with E-state index < -0.39 is 11.8 Å². The molecule has 0 radical (unpaired) electrons. The van der Waals surface area contributed by atoms with Gasteiger partial charge in [-0.05, 0) is 12.1 Å². The first kappa shape index (κ1) is 11.4. The molecule has 0 aliphatic rings. The predicted molar refractivity (Wildman–Crippen MR) is 65.2 cm³/mol. The summed E-state index contributed by atoms with van der Waals surface area (Å²) < 4.78 is 14.8. The smallest absolute Gasteiger partial charge is 0.354 e. The Labute approximate surface area is 106 Å². The van der Waals surface area contributed by atoms with Crippen LogP contribution >= 0.6 is 0 Å². The Kier molecular flexibility index (Phi) is 2.34. The second kappa shape index (κ2) is 3.91. The van der Waals surface area contributed by atoms with Gasteiger partial charge in [-0.1, -0.05) is 0 Å². The van der Waals surface area contributed by atoms with Crippen molar-refractivity contribution in [2.24, 2.45) is 7.05 Å². The standard InChI is InChI=1S/C12H9FN4O2/c1-17-8-3-2-6(13)4-7(8)16-11(17)9-10(12(18)19)15-5-14-9/h2-5H,1H3,(H,14,15)(H,18,19). The molecule has 0 spiro atoms. The van der Waals surface area contributed by atoms with Gasteiger partial charge in [0.1, 0.15) is 11.5 Å². The van der Waals surface area contributed by atoms with E-state index in [1.807, 2.05) is 0 Å². The lowest BCUT2D eigenvalue weighted by Crippen LogP contribution is -2.02. The molecule has 0 fully saturated rings. The molecule has 0 atom stereocenters. The summed E-state index contributed by atoms with van der Waals surface area (Å²) in [6, 6.07) is 4.22. The first-order chi connectivity index (χ1) is 9.08. The highest BCUT2D eigenvalue weighted by Gasteiger charge is 2.20. The second-order valence-electron chi connectivity index (χ2n) is 4.06. The first-order valence-electron chi connectivity index (χ1n) is 5.47. The summed E-state index contributed by atoms with van der Waals surface area (Å²) in [5.74, 6) is -1.14. The number of carboxylic acids is 1. The number of fused-ring (bicyclic) bond motifs is 1. The summed E-state index contributed by atoms with van der Waals surface area (Å²) in [5.41, 5.74) is 1.35. The van der Waals surface area contributed by atoms with Gasteiger partial charge in [0.05, 0.1) is 17.4 Å². The molecular weight excluding hydrogens is 251 g/mol. The summed E-state index contributed by atoms with van der Waals surface area (Å²) in [6.45, 7) is 0. The molecule has 3 rings (SSSR count). The van der Waals surface area contributed by atoms with Crippen LogP contribution in [0.4, 0.5) is 4.39 Å². The number of aromatic carboxylic acids is 1. The molecule has 96 valence electrons. The third kappa shape index (κ3) is 1.67. The van der Waals surface area contributed by atoms with Crippen LogP contribution in [0.15, 0.2) is 24.5 Å². The van der Waals surface area contributed by atoms with Crippen LogP contribution in [0.3, 0.4) is 0 Å². The monoisotopic (exact) mass is 260 g/mol. The summed E-state index contributed by atoms with van der Waals surface area (Å²) in [4.78, 5) is 21.8. The number of nitrogens with one attached hydrogen (secondary N) is 1. The number of imidazole rings is 2. The average Bonchev–Trinajstić information content (AvgIpc) is 2.94. The molecule has 0 bridgehead atoms. The van der Waals surface area contributed by atoms with Gasteiger partial charge < -0.3 is 14.7 Å². The normalized spacial score (nSPS) is 11.1. The van der Waals surface area contributed by atoms with E-state index in [1.165, 1.54) is 18.5 Å². The minimum Gasteiger partial charge on any atom is -0.477 e. The third-order valence-electron chi connectivity index (χ3n) is 2.91. The van der Waals surface area contributed by atoms with Gasteiger partial charge in [-0.3, -0.25) is 0 Å². The van der Waals surface area contributed by atoms with Crippen LogP contribution in [0, 0.1) is 5.82 Å². The van der Waals surface area contributed by atoms with Crippen molar-refractivity contribution in [1.29, 1.82) is 0 Å². The molecule has 2 aromatic heterocycles. The van der Waals surface area contributed by atoms with E-state index in [0.717, 1.165) is 0 Å². The Balaban J connectivity index is 2.28. The highest BCUT2D eigenvalue weighted by molar-refractivity contribution is 5.93. The zero-order valence-electron chi connectivity index (χ0n) is 9.88. The van der Waals surface area contributed by atoms with Crippen molar-refractivity contribution < 1.29 is 14.3 Å². The number of carbonyl (C=O) groups is 1. The van der Waals surface area contributed by atoms with Crippen molar-refractivity contribution in [3.63, 3.8) is 0 Å². The number of aromatic nitrogens is 4. The molecule has 7 heteroatoms. The number of hydrogen-bond donors (Lipinski definition) is 2. The Morgan fingerprint density at radius 2 is 2.26 bits per heavy atom. The van der Waals surface area contributed by atoms with Gasteiger partial charge in [-0.15, -0.1) is 0 Å². The van der Waals surface area contributed by atoms with Gasteiger partial charge in [-0.25, -0.2) is 19.2 Å². The van der Waals surface area contributed by atoms with E-state index in [4.69, 9.17) is 5.11 Å². The van der Waals surface area contributed by atoms with Gasteiger partial charge in [0.15, 0.2) is 11.5 Å². The fourth-order valence-corrected chi connectivity index (χ4v) is 2.01. The quantitative estimate of drug-likeness (QED) is 0.735. The largest absolute Gasteiger partial charge is 0.477 e. The fraction of sp³-hybridized carbons (Fsp3) is 0.0833. The van der Waals surface area contributed by atoms with Gasteiger partial charge in [0.2, 0.25) is 0 Å². The number of aryl methyl sites for hydroxylation is 1. The van der Waals surface area contributed by atoms with Gasteiger partial charge in [0.25, 0.3) is 0 Å². The predicted octanol–water partition coefficient (Wildman–Crippen LogP) is 1.80. The number of nitrogens with zero attached hydrogens (tertiary/aromatic N) is 3. The lowest BCUT2D eigenvalue weighted by atomic mass is 10.3. The van der Waals surface area contributed by atoms with Crippen LogP contribution in [-0.4, -0.2) is 30.6 Å². The van der Waals surface area contributed by atoms with Crippen molar-refractivity contribution in [3.8, 4) is 11.5 Å². The van der Waals surface area contributed by atoms with E-state index in [1.54, 1.807) is 17.7 Å². The molecule has 2 N–H and O–H groups in total. The van der Waals surface area contributed by atoms with E-state index >= 15 is 0 Å². The maximum absolute atomic E-state index is 13.2. The number of rotatable bonds is 2. The van der Waals surface area contributed by atoms with Crippen LogP contribution in [0.2, 0.25) is 0 Å². The Bertz CT molecular complexity index is 790. The molecule has 0 aliphatic heterocycles. The fourth-order valence-electron chi connectivity index (χ4n) is 2.01. The highest BCUT2D eigenvalue weighted by atomic mass is 19.1. The van der Waals surface area contributed by atoms with Crippen LogP contribution in [0.25, 0.3) is 22.6 Å². The molecule has 6 nitrogen and oxygen atoms in total. The Morgan fingerprint density at radius 3 is 3.00 bits per heavy atom. The van der Waals surface area contributed by atoms with Gasteiger partial charge in [-0.2, -0.15) is 0 Å². The molecule has 0 unspecified atom stereocenters. The maximum Gasteiger partial charge on any atom is 0.354 e. The number of H-pyrrole nitrogens is 1. The second-order valence-corrected chi connectivity index (χ2v) is 4.06. The SMILES string of the molecule is Cn1c(-c2nc[nH]c2C(=O)O)nc2cc(F)ccc21. The number of halogens is 1. The minimum absolute atomic E-state index is 0.0427. The van der Waals surface area contributed by atoms with E-state index in [0.29, 0.717) is 16.9 Å². The number of carboxylic acid groups (broad SMARTS) is 1. The Hall–Kier alpha value is -2.70. The van der Waals surface area contributed by atoms with E-state index in [2.05, 4.69) is 15.0 Å². The van der Waals surface area contributed by atoms with Crippen molar-refractivity contribution in [3.05, 3.63) is 36.0 Å². The third-order valence-corrected chi connectivity index (χ3v) is 2.91. The molecule has 0 saturated carbocycles. The summed E-state index contributed by atoms with van der Waals surface area (Å²) >= 11 is 0. The molecule has 1 aromatic carbocycles. The lowest BCUT2D eigenvalue weighted by molar-refractivity contribution is 0.0692. The molecular formula is C12H9FN4O2. The van der Waals surface area contributed by atoms with E-state index in [9.17, 15) is 9.18 Å².